The number of aldehydes is 1. The first-order valence-electron chi connectivity index (χ1n) is 10.5. The number of rotatable bonds is 7. The third kappa shape index (κ3) is 5.34. The quantitative estimate of drug-likeness (QED) is 0.460. The molecule has 1 atom stereocenters. The van der Waals surface area contributed by atoms with Crippen molar-refractivity contribution < 1.29 is 22.7 Å². The van der Waals surface area contributed by atoms with Gasteiger partial charge in [0, 0.05) is 44.8 Å². The number of alkyl halides is 3. The summed E-state index contributed by atoms with van der Waals surface area (Å²) in [6.45, 7) is 3.72. The van der Waals surface area contributed by atoms with Gasteiger partial charge in [-0.05, 0) is 65.1 Å². The van der Waals surface area contributed by atoms with E-state index in [0.717, 1.165) is 39.8 Å². The number of hydrogen-bond acceptors (Lipinski definition) is 5. The minimum absolute atomic E-state index is 0.264. The molecular weight excluding hydrogens is 431 g/mol. The Hall–Kier alpha value is -3.39. The standard InChI is InChI=1S/C25H24F3N3O2/c1-17-10-21(30(2)13-19-4-3-9-29-12-19)11-20-15-31(23(16-32)24(17)20)14-18-5-7-22(8-6-18)33-25(26,27)28/h3-12,16,23H,13-15H2,1-2H3. The molecule has 33 heavy (non-hydrogen) atoms. The average Bonchev–Trinajstić information content (AvgIpc) is 3.12. The predicted octanol–water partition coefficient (Wildman–Crippen LogP) is 5.18. The maximum Gasteiger partial charge on any atom is 0.573 e. The van der Waals surface area contributed by atoms with Gasteiger partial charge in [-0.15, -0.1) is 13.2 Å². The second-order valence-corrected chi connectivity index (χ2v) is 8.23. The Bertz CT molecular complexity index is 1120. The number of aromatic nitrogens is 1. The van der Waals surface area contributed by atoms with Crippen LogP contribution in [0.3, 0.4) is 0 Å². The second-order valence-electron chi connectivity index (χ2n) is 8.23. The Morgan fingerprint density at radius 3 is 2.58 bits per heavy atom. The van der Waals surface area contributed by atoms with Gasteiger partial charge < -0.3 is 14.4 Å². The molecule has 0 bridgehead atoms. The summed E-state index contributed by atoms with van der Waals surface area (Å²) in [5.74, 6) is -0.264. The number of halogens is 3. The van der Waals surface area contributed by atoms with E-state index in [9.17, 15) is 18.0 Å². The highest BCUT2D eigenvalue weighted by Gasteiger charge is 2.33. The predicted molar refractivity (Wildman–Crippen MR) is 119 cm³/mol. The van der Waals surface area contributed by atoms with Crippen LogP contribution in [0.1, 0.15) is 33.9 Å². The molecule has 1 unspecified atom stereocenters. The second kappa shape index (κ2) is 9.23. The fourth-order valence-corrected chi connectivity index (χ4v) is 4.32. The van der Waals surface area contributed by atoms with E-state index in [-0.39, 0.29) is 5.75 Å². The molecule has 0 fully saturated rings. The molecule has 1 aliphatic rings. The molecule has 0 aliphatic carbocycles. The Kier molecular flexibility index (Phi) is 6.37. The lowest BCUT2D eigenvalue weighted by Gasteiger charge is -2.22. The Labute approximate surface area is 190 Å². The monoisotopic (exact) mass is 455 g/mol. The van der Waals surface area contributed by atoms with Gasteiger partial charge in [-0.2, -0.15) is 0 Å². The fraction of sp³-hybridized carbons (Fsp3) is 0.280. The fourth-order valence-electron chi connectivity index (χ4n) is 4.32. The van der Waals surface area contributed by atoms with Crippen LogP contribution in [0.2, 0.25) is 0 Å². The van der Waals surface area contributed by atoms with Crippen LogP contribution in [0, 0.1) is 6.92 Å². The number of carbonyl (C=O) groups is 1. The van der Waals surface area contributed by atoms with Crippen LogP contribution in [0.5, 0.6) is 5.75 Å². The van der Waals surface area contributed by atoms with Crippen LogP contribution in [-0.2, 0) is 24.4 Å². The van der Waals surface area contributed by atoms with Gasteiger partial charge in [-0.3, -0.25) is 9.88 Å². The topological polar surface area (TPSA) is 45.7 Å². The molecule has 0 saturated carbocycles. The minimum atomic E-state index is -4.72. The highest BCUT2D eigenvalue weighted by atomic mass is 19.4. The SMILES string of the molecule is Cc1cc(N(C)Cc2cccnc2)cc2c1C(C=O)N(Cc1ccc(OC(F)(F)F)cc1)C2. The van der Waals surface area contributed by atoms with Crippen molar-refractivity contribution in [2.24, 2.45) is 0 Å². The average molecular weight is 455 g/mol. The van der Waals surface area contributed by atoms with Gasteiger partial charge in [-0.1, -0.05) is 18.2 Å². The van der Waals surface area contributed by atoms with Crippen LogP contribution < -0.4 is 9.64 Å². The molecule has 0 N–H and O–H groups in total. The van der Waals surface area contributed by atoms with Crippen molar-refractivity contribution in [1.82, 2.24) is 9.88 Å². The smallest absolute Gasteiger partial charge is 0.406 e. The van der Waals surface area contributed by atoms with Gasteiger partial charge in [0.15, 0.2) is 0 Å². The van der Waals surface area contributed by atoms with Crippen molar-refractivity contribution in [3.63, 3.8) is 0 Å². The van der Waals surface area contributed by atoms with Gasteiger partial charge in [0.2, 0.25) is 0 Å². The van der Waals surface area contributed by atoms with Gasteiger partial charge >= 0.3 is 6.36 Å². The Balaban J connectivity index is 1.51. The number of anilines is 1. The lowest BCUT2D eigenvalue weighted by molar-refractivity contribution is -0.274. The minimum Gasteiger partial charge on any atom is -0.406 e. The van der Waals surface area contributed by atoms with Gasteiger partial charge in [0.05, 0.1) is 6.04 Å². The van der Waals surface area contributed by atoms with Crippen LogP contribution in [0.25, 0.3) is 0 Å². The maximum absolute atomic E-state index is 12.4. The molecule has 172 valence electrons. The molecule has 2 aromatic carbocycles. The summed E-state index contributed by atoms with van der Waals surface area (Å²) in [4.78, 5) is 20.3. The normalized spacial score (nSPS) is 15.8. The van der Waals surface area contributed by atoms with Gasteiger partial charge in [-0.25, -0.2) is 0 Å². The number of nitrogens with zero attached hydrogens (tertiary/aromatic N) is 3. The van der Waals surface area contributed by atoms with Crippen LogP contribution >= 0.6 is 0 Å². The number of fused-ring (bicyclic) bond motifs is 1. The summed E-state index contributed by atoms with van der Waals surface area (Å²) in [5.41, 5.74) is 6.07. The summed E-state index contributed by atoms with van der Waals surface area (Å²) in [5, 5.41) is 0. The molecule has 2 heterocycles. The summed E-state index contributed by atoms with van der Waals surface area (Å²) in [7, 11) is 2.02. The van der Waals surface area contributed by atoms with Crippen molar-refractivity contribution in [1.29, 1.82) is 0 Å². The molecule has 4 rings (SSSR count). The van der Waals surface area contributed by atoms with Crippen LogP contribution in [-0.4, -0.2) is 29.6 Å². The van der Waals surface area contributed by atoms with E-state index < -0.39 is 12.4 Å². The number of aryl methyl sites for hydroxylation is 1. The number of carbonyl (C=O) groups excluding carboxylic acids is 1. The van der Waals surface area contributed by atoms with Crippen molar-refractivity contribution in [3.8, 4) is 5.75 Å². The van der Waals surface area contributed by atoms with Crippen molar-refractivity contribution in [3.05, 3.63) is 88.7 Å². The number of hydrogen-bond donors (Lipinski definition) is 0. The highest BCUT2D eigenvalue weighted by Crippen LogP contribution is 2.38. The summed E-state index contributed by atoms with van der Waals surface area (Å²) < 4.78 is 41.1. The molecule has 3 aromatic rings. The van der Waals surface area contributed by atoms with Crippen molar-refractivity contribution >= 4 is 12.0 Å². The Morgan fingerprint density at radius 2 is 1.94 bits per heavy atom. The summed E-state index contributed by atoms with van der Waals surface area (Å²) >= 11 is 0. The zero-order valence-corrected chi connectivity index (χ0v) is 18.3. The van der Waals surface area contributed by atoms with Crippen molar-refractivity contribution in [2.45, 2.75) is 39.0 Å². The highest BCUT2D eigenvalue weighted by molar-refractivity contribution is 5.68. The Morgan fingerprint density at radius 1 is 1.18 bits per heavy atom. The third-order valence-electron chi connectivity index (χ3n) is 5.77. The summed E-state index contributed by atoms with van der Waals surface area (Å²) in [6, 6.07) is 13.5. The number of ether oxygens (including phenoxy) is 1. The van der Waals surface area contributed by atoms with Crippen LogP contribution in [0.15, 0.2) is 60.9 Å². The molecular formula is C25H24F3N3O2. The number of pyridine rings is 1. The largest absolute Gasteiger partial charge is 0.573 e. The van der Waals surface area contributed by atoms with E-state index in [1.165, 1.54) is 12.1 Å². The van der Waals surface area contributed by atoms with E-state index in [4.69, 9.17) is 0 Å². The molecule has 5 nitrogen and oxygen atoms in total. The zero-order chi connectivity index (χ0) is 23.6. The first kappa shape index (κ1) is 22.8. The van der Waals surface area contributed by atoms with Crippen molar-refractivity contribution in [2.75, 3.05) is 11.9 Å². The number of benzene rings is 2. The lowest BCUT2D eigenvalue weighted by atomic mass is 9.98. The first-order chi connectivity index (χ1) is 15.7. The lowest BCUT2D eigenvalue weighted by Crippen LogP contribution is -2.23. The molecule has 0 amide bonds. The zero-order valence-electron chi connectivity index (χ0n) is 18.3. The summed E-state index contributed by atoms with van der Waals surface area (Å²) in [6.07, 6.45) is -0.209. The molecule has 0 spiro atoms. The van der Waals surface area contributed by atoms with E-state index in [1.54, 1.807) is 18.3 Å². The molecule has 0 radical (unpaired) electrons. The van der Waals surface area contributed by atoms with E-state index in [1.807, 2.05) is 37.2 Å². The van der Waals surface area contributed by atoms with Gasteiger partial charge in [0.1, 0.15) is 12.0 Å². The molecule has 1 aromatic heterocycles. The first-order valence-corrected chi connectivity index (χ1v) is 10.5. The van der Waals surface area contributed by atoms with E-state index in [2.05, 4.69) is 26.8 Å². The molecule has 8 heteroatoms. The van der Waals surface area contributed by atoms with E-state index >= 15 is 0 Å². The third-order valence-corrected chi connectivity index (χ3v) is 5.77. The maximum atomic E-state index is 12.4. The van der Waals surface area contributed by atoms with Gasteiger partial charge in [0.25, 0.3) is 0 Å². The van der Waals surface area contributed by atoms with Crippen LogP contribution in [0.4, 0.5) is 18.9 Å². The molecule has 0 saturated heterocycles. The molecule has 1 aliphatic heterocycles. The van der Waals surface area contributed by atoms with E-state index in [0.29, 0.717) is 19.6 Å².